The van der Waals surface area contributed by atoms with E-state index in [4.69, 9.17) is 30.2 Å². The van der Waals surface area contributed by atoms with Gasteiger partial charge in [-0.25, -0.2) is 13.8 Å². The van der Waals surface area contributed by atoms with E-state index in [9.17, 15) is 13.6 Å². The predicted octanol–water partition coefficient (Wildman–Crippen LogP) is 3.70. The predicted molar refractivity (Wildman–Crippen MR) is 96.1 cm³/mol. The van der Waals surface area contributed by atoms with Crippen LogP contribution in [0.25, 0.3) is 5.69 Å². The molecule has 6 nitrogen and oxygen atoms in total. The van der Waals surface area contributed by atoms with Crippen molar-refractivity contribution in [3.05, 3.63) is 45.2 Å². The topological polar surface area (TPSA) is 62.8 Å². The Balaban J connectivity index is 2.29. The van der Waals surface area contributed by atoms with Gasteiger partial charge < -0.3 is 18.6 Å². The molecule has 1 heterocycles. The second-order valence-electron chi connectivity index (χ2n) is 6.76. The molecule has 9 heteroatoms. The van der Waals surface area contributed by atoms with Gasteiger partial charge in [0.1, 0.15) is 18.2 Å². The van der Waals surface area contributed by atoms with Crippen LogP contribution in [0.15, 0.2) is 21.3 Å². The Morgan fingerprint density at radius 1 is 1.15 bits per heavy atom. The largest absolute Gasteiger partial charge is 0.490 e. The van der Waals surface area contributed by atoms with Crippen LogP contribution in [0.4, 0.5) is 8.78 Å². The third-order valence-corrected chi connectivity index (χ3v) is 3.89. The Morgan fingerprint density at radius 2 is 1.81 bits per heavy atom. The molecule has 0 unspecified atom stereocenters. The fourth-order valence-corrected chi connectivity index (χ4v) is 2.48. The number of halogens is 3. The van der Waals surface area contributed by atoms with Crippen molar-refractivity contribution in [2.24, 2.45) is 0 Å². The third-order valence-electron chi connectivity index (χ3n) is 3.60. The van der Waals surface area contributed by atoms with Crippen LogP contribution in [0.3, 0.4) is 0 Å². The van der Waals surface area contributed by atoms with Crippen molar-refractivity contribution in [1.82, 2.24) is 4.57 Å². The molecular weight excluding hydrogens is 384 g/mol. The van der Waals surface area contributed by atoms with Gasteiger partial charge in [-0.1, -0.05) is 32.4 Å². The molecule has 0 atom stereocenters. The number of rotatable bonds is 8. The van der Waals surface area contributed by atoms with Crippen LogP contribution in [0.2, 0.25) is 5.02 Å². The smallest absolute Gasteiger partial charge is 0.426 e. The zero-order chi connectivity index (χ0) is 20.2. The number of ether oxygens (including phenoxy) is 3. The molecule has 0 bridgehead atoms. The molecule has 2 rings (SSSR count). The molecule has 0 saturated carbocycles. The summed E-state index contributed by atoms with van der Waals surface area (Å²) in [6.45, 7) is 6.25. The van der Waals surface area contributed by atoms with Crippen LogP contribution in [-0.2, 0) is 14.9 Å². The van der Waals surface area contributed by atoms with E-state index in [0.717, 1.165) is 12.1 Å². The summed E-state index contributed by atoms with van der Waals surface area (Å²) in [7, 11) is 1.56. The molecule has 0 aliphatic carbocycles. The fourth-order valence-electron chi connectivity index (χ4n) is 2.28. The maximum Gasteiger partial charge on any atom is 0.426 e. The highest BCUT2D eigenvalue weighted by Gasteiger charge is 2.29. The summed E-state index contributed by atoms with van der Waals surface area (Å²) in [5.41, 5.74) is -1.12. The average Bonchev–Trinajstić information content (AvgIpc) is 2.87. The Kier molecular flexibility index (Phi) is 7.02. The Bertz CT molecular complexity index is 841. The van der Waals surface area contributed by atoms with Gasteiger partial charge in [0.05, 0.1) is 30.5 Å². The Morgan fingerprint density at radius 3 is 2.41 bits per heavy atom. The highest BCUT2D eigenvalue weighted by Crippen LogP contribution is 2.31. The van der Waals surface area contributed by atoms with E-state index in [-0.39, 0.29) is 35.4 Å². The van der Waals surface area contributed by atoms with Crippen molar-refractivity contribution < 1.29 is 27.4 Å². The lowest BCUT2D eigenvalue weighted by Gasteiger charge is -2.14. The molecule has 1 aromatic carbocycles. The van der Waals surface area contributed by atoms with Gasteiger partial charge in [-0.05, 0) is 6.07 Å². The van der Waals surface area contributed by atoms with E-state index in [1.54, 1.807) is 27.9 Å². The number of methoxy groups -OCH3 is 1. The second kappa shape index (κ2) is 8.86. The minimum atomic E-state index is -1.03. The number of benzene rings is 1. The fraction of sp³-hybridized carbons (Fsp3) is 0.500. The quantitative estimate of drug-likeness (QED) is 0.626. The van der Waals surface area contributed by atoms with Gasteiger partial charge in [0.25, 0.3) is 0 Å². The maximum atomic E-state index is 14.7. The van der Waals surface area contributed by atoms with E-state index in [0.29, 0.717) is 17.8 Å². The normalized spacial score (nSPS) is 11.8. The summed E-state index contributed by atoms with van der Waals surface area (Å²) in [5.74, 6) is -2.97. The van der Waals surface area contributed by atoms with Gasteiger partial charge in [-0.3, -0.25) is 0 Å². The average molecular weight is 406 g/mol. The third kappa shape index (κ3) is 5.09. The standard InChI is InChI=1S/C18H22ClF2NO5/c1-18(2,3)15-16(21)22(17(23)27-15)13-10-14(11(19)9-12(13)20)26-8-7-25-6-5-24-4/h9-10H,5-8H2,1-4H3. The first kappa shape index (κ1) is 21.4. The lowest BCUT2D eigenvalue weighted by atomic mass is 9.94. The summed E-state index contributed by atoms with van der Waals surface area (Å²) >= 11 is 5.98. The molecule has 0 aliphatic rings. The van der Waals surface area contributed by atoms with E-state index < -0.39 is 22.9 Å². The van der Waals surface area contributed by atoms with Crippen LogP contribution in [0, 0.1) is 11.8 Å². The van der Waals surface area contributed by atoms with Crippen LogP contribution in [0.5, 0.6) is 5.75 Å². The zero-order valence-corrected chi connectivity index (χ0v) is 16.4. The monoisotopic (exact) mass is 405 g/mol. The summed E-state index contributed by atoms with van der Waals surface area (Å²) in [4.78, 5) is 12.1. The van der Waals surface area contributed by atoms with Gasteiger partial charge in [-0.2, -0.15) is 4.39 Å². The number of aromatic nitrogens is 1. The Hall–Kier alpha value is -1.90. The lowest BCUT2D eigenvalue weighted by Crippen LogP contribution is -2.17. The molecule has 0 N–H and O–H groups in total. The summed E-state index contributed by atoms with van der Waals surface area (Å²) in [6, 6.07) is 2.10. The van der Waals surface area contributed by atoms with Gasteiger partial charge in [0.15, 0.2) is 5.76 Å². The summed E-state index contributed by atoms with van der Waals surface area (Å²) in [5, 5.41) is -0.0128. The van der Waals surface area contributed by atoms with E-state index in [2.05, 4.69) is 0 Å². The van der Waals surface area contributed by atoms with Crippen molar-refractivity contribution in [3.63, 3.8) is 0 Å². The van der Waals surface area contributed by atoms with Crippen molar-refractivity contribution in [2.45, 2.75) is 26.2 Å². The first-order valence-electron chi connectivity index (χ1n) is 8.27. The first-order valence-corrected chi connectivity index (χ1v) is 8.65. The van der Waals surface area contributed by atoms with Crippen LogP contribution in [0.1, 0.15) is 26.5 Å². The van der Waals surface area contributed by atoms with E-state index in [1.165, 1.54) is 0 Å². The molecule has 2 aromatic rings. The molecule has 0 saturated heterocycles. The number of nitrogens with zero attached hydrogens (tertiary/aromatic N) is 1. The maximum absolute atomic E-state index is 14.7. The SMILES string of the molecule is COCCOCCOc1cc(-n2c(F)c(C(C)(C)C)oc2=O)c(F)cc1Cl. The molecule has 0 aliphatic heterocycles. The molecule has 1 aromatic heterocycles. The molecule has 0 spiro atoms. The molecular formula is C18H22ClF2NO5. The minimum Gasteiger partial charge on any atom is -0.490 e. The van der Waals surface area contributed by atoms with Crippen LogP contribution >= 0.6 is 11.6 Å². The summed E-state index contributed by atoms with van der Waals surface area (Å²) < 4.78 is 50.1. The van der Waals surface area contributed by atoms with Gasteiger partial charge in [0, 0.05) is 18.6 Å². The van der Waals surface area contributed by atoms with Crippen molar-refractivity contribution in [1.29, 1.82) is 0 Å². The number of oxazole rings is 1. The first-order chi connectivity index (χ1) is 12.7. The van der Waals surface area contributed by atoms with E-state index in [1.807, 2.05) is 0 Å². The Labute approximate surface area is 160 Å². The van der Waals surface area contributed by atoms with Gasteiger partial charge >= 0.3 is 5.76 Å². The summed E-state index contributed by atoms with van der Waals surface area (Å²) in [6.07, 6.45) is 0. The van der Waals surface area contributed by atoms with Crippen molar-refractivity contribution in [2.75, 3.05) is 33.5 Å². The van der Waals surface area contributed by atoms with Gasteiger partial charge in [0.2, 0.25) is 5.95 Å². The minimum absolute atomic E-state index is 0.0128. The number of hydrogen-bond acceptors (Lipinski definition) is 5. The molecule has 0 fully saturated rings. The molecule has 0 amide bonds. The zero-order valence-electron chi connectivity index (χ0n) is 15.6. The van der Waals surface area contributed by atoms with Gasteiger partial charge in [-0.15, -0.1) is 0 Å². The van der Waals surface area contributed by atoms with Crippen molar-refractivity contribution in [3.8, 4) is 11.4 Å². The highest BCUT2D eigenvalue weighted by molar-refractivity contribution is 6.32. The number of hydrogen-bond donors (Lipinski definition) is 0. The van der Waals surface area contributed by atoms with Crippen molar-refractivity contribution >= 4 is 11.6 Å². The molecule has 27 heavy (non-hydrogen) atoms. The second-order valence-corrected chi connectivity index (χ2v) is 7.17. The van der Waals surface area contributed by atoms with E-state index >= 15 is 0 Å². The highest BCUT2D eigenvalue weighted by atomic mass is 35.5. The molecule has 150 valence electrons. The lowest BCUT2D eigenvalue weighted by molar-refractivity contribution is 0.0544. The van der Waals surface area contributed by atoms with Crippen LogP contribution in [-0.4, -0.2) is 38.1 Å². The van der Waals surface area contributed by atoms with Crippen LogP contribution < -0.4 is 10.5 Å². The molecule has 0 radical (unpaired) electrons.